The number of nitrogens with one attached hydrogen (secondary N) is 1. The summed E-state index contributed by atoms with van der Waals surface area (Å²) < 4.78 is 0.980. The summed E-state index contributed by atoms with van der Waals surface area (Å²) in [5.74, 6) is 0.0908. The Morgan fingerprint density at radius 3 is 3.00 bits per heavy atom. The Labute approximate surface area is 109 Å². The molecule has 1 aromatic rings. The van der Waals surface area contributed by atoms with Crippen LogP contribution in [0.5, 0.6) is 0 Å². The maximum Gasteiger partial charge on any atom is 0.221 e. The van der Waals surface area contributed by atoms with Crippen molar-refractivity contribution in [2.45, 2.75) is 13.0 Å². The van der Waals surface area contributed by atoms with Gasteiger partial charge in [-0.1, -0.05) is 22.0 Å². The van der Waals surface area contributed by atoms with Crippen molar-refractivity contribution in [3.63, 3.8) is 0 Å². The molecule has 0 spiro atoms. The Morgan fingerprint density at radius 2 is 2.24 bits per heavy atom. The number of rotatable bonds is 2. The summed E-state index contributed by atoms with van der Waals surface area (Å²) in [4.78, 5) is 13.4. The second-order valence-corrected chi connectivity index (χ2v) is 4.93. The van der Waals surface area contributed by atoms with Crippen molar-refractivity contribution >= 4 is 27.5 Å². The van der Waals surface area contributed by atoms with Gasteiger partial charge < -0.3 is 15.3 Å². The number of amides is 1. The van der Waals surface area contributed by atoms with Crippen molar-refractivity contribution in [3.8, 4) is 0 Å². The number of carbonyl (C=O) groups excluding carboxylic acids is 1. The molecule has 0 unspecified atom stereocenters. The summed E-state index contributed by atoms with van der Waals surface area (Å²) >= 11 is 3.43. The highest BCUT2D eigenvalue weighted by Gasteiger charge is 2.16. The summed E-state index contributed by atoms with van der Waals surface area (Å²) in [5.41, 5.74) is 1.89. The van der Waals surface area contributed by atoms with Gasteiger partial charge in [0.25, 0.3) is 0 Å². The van der Waals surface area contributed by atoms with Crippen LogP contribution in [0.2, 0.25) is 0 Å². The molecule has 1 saturated heterocycles. The van der Waals surface area contributed by atoms with Crippen LogP contribution in [0, 0.1) is 0 Å². The molecular formula is C12H15BrN2O2. The first-order valence-corrected chi connectivity index (χ1v) is 6.41. The highest BCUT2D eigenvalue weighted by molar-refractivity contribution is 9.10. The third-order valence-electron chi connectivity index (χ3n) is 2.87. The normalized spacial score (nSPS) is 16.6. The summed E-state index contributed by atoms with van der Waals surface area (Å²) in [7, 11) is 0. The molecule has 4 nitrogen and oxygen atoms in total. The van der Waals surface area contributed by atoms with Gasteiger partial charge in [0.05, 0.1) is 6.61 Å². The fraction of sp³-hybridized carbons (Fsp3) is 0.417. The van der Waals surface area contributed by atoms with Crippen LogP contribution in [0.4, 0.5) is 5.69 Å². The Morgan fingerprint density at radius 1 is 1.41 bits per heavy atom. The van der Waals surface area contributed by atoms with Crippen LogP contribution in [0.1, 0.15) is 12.0 Å². The fourth-order valence-corrected chi connectivity index (χ4v) is 2.32. The van der Waals surface area contributed by atoms with E-state index in [-0.39, 0.29) is 12.5 Å². The lowest BCUT2D eigenvalue weighted by molar-refractivity contribution is -0.120. The van der Waals surface area contributed by atoms with Gasteiger partial charge in [-0.3, -0.25) is 4.79 Å². The molecule has 92 valence electrons. The summed E-state index contributed by atoms with van der Waals surface area (Å²) in [6.45, 7) is 2.13. The van der Waals surface area contributed by atoms with E-state index in [9.17, 15) is 9.90 Å². The zero-order valence-corrected chi connectivity index (χ0v) is 11.0. The molecule has 1 aromatic carbocycles. The van der Waals surface area contributed by atoms with Crippen molar-refractivity contribution < 1.29 is 9.90 Å². The smallest absolute Gasteiger partial charge is 0.221 e. The monoisotopic (exact) mass is 298 g/mol. The minimum atomic E-state index is 0.0144. The number of aliphatic hydroxyl groups is 1. The second-order valence-electron chi connectivity index (χ2n) is 4.02. The molecule has 0 atom stereocenters. The molecule has 1 fully saturated rings. The highest BCUT2D eigenvalue weighted by atomic mass is 79.9. The first kappa shape index (κ1) is 12.4. The number of benzene rings is 1. The molecule has 0 bridgehead atoms. The van der Waals surface area contributed by atoms with Gasteiger partial charge in [0.1, 0.15) is 0 Å². The number of carbonyl (C=O) groups is 1. The standard InChI is InChI=1S/C12H15BrN2O2/c13-10-2-1-9(8-16)11(7-10)15-5-3-12(17)14-4-6-15/h1-2,7,16H,3-6,8H2,(H,14,17). The molecule has 0 saturated carbocycles. The lowest BCUT2D eigenvalue weighted by atomic mass is 10.1. The third kappa shape index (κ3) is 2.98. The summed E-state index contributed by atoms with van der Waals surface area (Å²) in [6.07, 6.45) is 0.497. The quantitative estimate of drug-likeness (QED) is 0.864. The minimum absolute atomic E-state index is 0.0144. The van der Waals surface area contributed by atoms with Gasteiger partial charge in [-0.25, -0.2) is 0 Å². The van der Waals surface area contributed by atoms with Crippen LogP contribution in [0.15, 0.2) is 22.7 Å². The molecule has 1 aliphatic heterocycles. The fourth-order valence-electron chi connectivity index (χ4n) is 1.97. The maximum atomic E-state index is 11.3. The maximum absolute atomic E-state index is 11.3. The summed E-state index contributed by atoms with van der Waals surface area (Å²) in [6, 6.07) is 5.80. The largest absolute Gasteiger partial charge is 0.392 e. The predicted octanol–water partition coefficient (Wildman–Crippen LogP) is 1.27. The summed E-state index contributed by atoms with van der Waals surface area (Å²) in [5, 5.41) is 12.2. The molecule has 5 heteroatoms. The molecule has 0 aliphatic carbocycles. The first-order valence-electron chi connectivity index (χ1n) is 5.61. The topological polar surface area (TPSA) is 52.6 Å². The third-order valence-corrected chi connectivity index (χ3v) is 3.36. The van der Waals surface area contributed by atoms with E-state index in [4.69, 9.17) is 0 Å². The van der Waals surface area contributed by atoms with Gasteiger partial charge in [-0.15, -0.1) is 0 Å². The van der Waals surface area contributed by atoms with Crippen LogP contribution in [-0.4, -0.2) is 30.6 Å². The SMILES string of the molecule is O=C1CCN(c2cc(Br)ccc2CO)CCN1. The zero-order chi connectivity index (χ0) is 12.3. The van der Waals surface area contributed by atoms with E-state index in [1.54, 1.807) is 0 Å². The molecule has 1 aliphatic rings. The van der Waals surface area contributed by atoms with Crippen LogP contribution in [0.25, 0.3) is 0 Å². The van der Waals surface area contributed by atoms with E-state index in [0.29, 0.717) is 19.5 Å². The molecular weight excluding hydrogens is 284 g/mol. The van der Waals surface area contributed by atoms with Crippen LogP contribution < -0.4 is 10.2 Å². The molecule has 1 amide bonds. The molecule has 2 N–H and O–H groups in total. The lowest BCUT2D eigenvalue weighted by Crippen LogP contribution is -2.29. The van der Waals surface area contributed by atoms with Gasteiger partial charge in [-0.2, -0.15) is 0 Å². The zero-order valence-electron chi connectivity index (χ0n) is 9.45. The van der Waals surface area contributed by atoms with Crippen molar-refractivity contribution in [1.82, 2.24) is 5.32 Å². The van der Waals surface area contributed by atoms with E-state index >= 15 is 0 Å². The van der Waals surface area contributed by atoms with E-state index in [1.165, 1.54) is 0 Å². The van der Waals surface area contributed by atoms with Crippen LogP contribution in [-0.2, 0) is 11.4 Å². The number of aliphatic hydroxyl groups excluding tert-OH is 1. The van der Waals surface area contributed by atoms with E-state index < -0.39 is 0 Å². The molecule has 17 heavy (non-hydrogen) atoms. The number of nitrogens with zero attached hydrogens (tertiary/aromatic N) is 1. The number of anilines is 1. The highest BCUT2D eigenvalue weighted by Crippen LogP contribution is 2.25. The molecule has 1 heterocycles. The predicted molar refractivity (Wildman–Crippen MR) is 69.9 cm³/mol. The van der Waals surface area contributed by atoms with E-state index in [1.807, 2.05) is 18.2 Å². The molecule has 2 rings (SSSR count). The lowest BCUT2D eigenvalue weighted by Gasteiger charge is -2.24. The van der Waals surface area contributed by atoms with Crippen molar-refractivity contribution in [1.29, 1.82) is 0 Å². The van der Waals surface area contributed by atoms with Crippen molar-refractivity contribution in [2.75, 3.05) is 24.5 Å². The molecule has 0 radical (unpaired) electrons. The van der Waals surface area contributed by atoms with Gasteiger partial charge in [0.2, 0.25) is 5.91 Å². The van der Waals surface area contributed by atoms with E-state index in [0.717, 1.165) is 22.3 Å². The van der Waals surface area contributed by atoms with Crippen LogP contribution >= 0.6 is 15.9 Å². The first-order chi connectivity index (χ1) is 8.20. The number of hydrogen-bond donors (Lipinski definition) is 2. The van der Waals surface area contributed by atoms with Gasteiger partial charge >= 0.3 is 0 Å². The van der Waals surface area contributed by atoms with Gasteiger partial charge in [-0.05, 0) is 12.1 Å². The number of halogens is 1. The molecule has 0 aromatic heterocycles. The minimum Gasteiger partial charge on any atom is -0.392 e. The van der Waals surface area contributed by atoms with Gasteiger partial charge in [0.15, 0.2) is 0 Å². The average molecular weight is 299 g/mol. The number of hydrogen-bond acceptors (Lipinski definition) is 3. The van der Waals surface area contributed by atoms with Gasteiger partial charge in [0, 0.05) is 41.8 Å². The average Bonchev–Trinajstić information content (AvgIpc) is 2.54. The van der Waals surface area contributed by atoms with Crippen molar-refractivity contribution in [3.05, 3.63) is 28.2 Å². The second kappa shape index (κ2) is 5.51. The van der Waals surface area contributed by atoms with E-state index in [2.05, 4.69) is 26.1 Å². The Hall–Kier alpha value is -1.07. The Kier molecular flexibility index (Phi) is 4.02. The Bertz CT molecular complexity index is 423. The van der Waals surface area contributed by atoms with Crippen molar-refractivity contribution in [2.24, 2.45) is 0 Å². The Balaban J connectivity index is 2.25. The van der Waals surface area contributed by atoms with Crippen LogP contribution in [0.3, 0.4) is 0 Å².